The summed E-state index contributed by atoms with van der Waals surface area (Å²) in [4.78, 5) is 2.34. The van der Waals surface area contributed by atoms with E-state index in [0.717, 1.165) is 18.5 Å². The minimum atomic E-state index is -3.81. The van der Waals surface area contributed by atoms with Crippen LogP contribution in [0.25, 0.3) is 0 Å². The molecule has 0 bridgehead atoms. The smallest absolute Gasteiger partial charge is 0.247 e. The van der Waals surface area contributed by atoms with Gasteiger partial charge in [0.25, 0.3) is 0 Å². The zero-order valence-electron chi connectivity index (χ0n) is 19.1. The summed E-state index contributed by atoms with van der Waals surface area (Å²) in [5.74, 6) is 6.72. The SMILES string of the molecule is CCCN(C)C[C@H]1Oc2cc(C#CC(C)C)ccc2S(=O)(=O)N([C@H](C)CO)C[C@H]1C. The van der Waals surface area contributed by atoms with E-state index in [1.54, 1.807) is 25.1 Å². The standard InChI is InChI=1S/C23H36N2O4S/c1-7-12-24(6)15-22-18(4)14-25(19(5)16-26)30(27,28)23-11-10-20(9-8-17(2)3)13-21(23)29-22/h10-11,13,17-19,22,26H,7,12,14-16H2,1-6H3/t18-,19-,22-/m1/s1. The molecule has 0 saturated heterocycles. The Bertz CT molecular complexity index is 873. The van der Waals surface area contributed by atoms with Gasteiger partial charge in [-0.25, -0.2) is 8.42 Å². The van der Waals surface area contributed by atoms with Crippen LogP contribution in [0.4, 0.5) is 0 Å². The van der Waals surface area contributed by atoms with Crippen LogP contribution in [0.1, 0.15) is 46.6 Å². The Labute approximate surface area is 182 Å². The Morgan fingerprint density at radius 2 is 2.03 bits per heavy atom. The number of aliphatic hydroxyl groups excluding tert-OH is 1. The van der Waals surface area contributed by atoms with Gasteiger partial charge >= 0.3 is 0 Å². The number of hydrogen-bond donors (Lipinski definition) is 1. The van der Waals surface area contributed by atoms with Crippen molar-refractivity contribution < 1.29 is 18.3 Å². The van der Waals surface area contributed by atoms with E-state index in [0.29, 0.717) is 18.8 Å². The predicted octanol–water partition coefficient (Wildman–Crippen LogP) is 2.80. The fourth-order valence-corrected chi connectivity index (χ4v) is 5.35. The van der Waals surface area contributed by atoms with Crippen LogP contribution in [-0.4, -0.2) is 68.2 Å². The second kappa shape index (κ2) is 10.6. The van der Waals surface area contributed by atoms with Gasteiger partial charge < -0.3 is 14.7 Å². The molecule has 0 aromatic heterocycles. The summed E-state index contributed by atoms with van der Waals surface area (Å²) in [6, 6.07) is 4.52. The summed E-state index contributed by atoms with van der Waals surface area (Å²) in [6.45, 7) is 11.6. The van der Waals surface area contributed by atoms with Gasteiger partial charge in [-0.1, -0.05) is 39.5 Å². The van der Waals surface area contributed by atoms with Gasteiger partial charge in [0, 0.05) is 36.5 Å². The largest absolute Gasteiger partial charge is 0.487 e. The van der Waals surface area contributed by atoms with Gasteiger partial charge in [0.15, 0.2) is 0 Å². The van der Waals surface area contributed by atoms with Gasteiger partial charge in [-0.15, -0.1) is 0 Å². The first kappa shape index (κ1) is 24.7. The van der Waals surface area contributed by atoms with Crippen molar-refractivity contribution in [1.29, 1.82) is 0 Å². The van der Waals surface area contributed by atoms with E-state index in [1.165, 1.54) is 4.31 Å². The zero-order chi connectivity index (χ0) is 22.5. The highest BCUT2D eigenvalue weighted by Crippen LogP contribution is 2.34. The molecule has 0 radical (unpaired) electrons. The molecule has 0 spiro atoms. The van der Waals surface area contributed by atoms with Crippen molar-refractivity contribution in [1.82, 2.24) is 9.21 Å². The van der Waals surface area contributed by atoms with Crippen LogP contribution in [-0.2, 0) is 10.0 Å². The number of ether oxygens (including phenoxy) is 1. The van der Waals surface area contributed by atoms with E-state index in [9.17, 15) is 13.5 Å². The Hall–Kier alpha value is -1.59. The summed E-state index contributed by atoms with van der Waals surface area (Å²) >= 11 is 0. The van der Waals surface area contributed by atoms with E-state index >= 15 is 0 Å². The first-order valence-electron chi connectivity index (χ1n) is 10.7. The van der Waals surface area contributed by atoms with Gasteiger partial charge in [0.05, 0.1) is 6.61 Å². The Morgan fingerprint density at radius 1 is 1.33 bits per heavy atom. The van der Waals surface area contributed by atoms with Crippen LogP contribution in [0.2, 0.25) is 0 Å². The molecule has 0 saturated carbocycles. The second-order valence-corrected chi connectivity index (χ2v) is 10.4. The second-order valence-electron chi connectivity index (χ2n) is 8.59. The number of hydrogen-bond acceptors (Lipinski definition) is 5. The first-order valence-corrected chi connectivity index (χ1v) is 12.2. The third-order valence-electron chi connectivity index (χ3n) is 5.27. The fourth-order valence-electron chi connectivity index (χ4n) is 3.53. The molecule has 1 aromatic rings. The number of rotatable bonds is 6. The zero-order valence-corrected chi connectivity index (χ0v) is 19.9. The van der Waals surface area contributed by atoms with E-state index in [-0.39, 0.29) is 29.4 Å². The van der Waals surface area contributed by atoms with E-state index in [1.807, 2.05) is 20.8 Å². The lowest BCUT2D eigenvalue weighted by Crippen LogP contribution is -2.49. The molecule has 6 nitrogen and oxygen atoms in total. The molecule has 0 amide bonds. The first-order chi connectivity index (χ1) is 14.1. The van der Waals surface area contributed by atoms with Crippen molar-refractivity contribution in [3.8, 4) is 17.6 Å². The Balaban J connectivity index is 2.56. The Morgan fingerprint density at radius 3 is 2.63 bits per heavy atom. The van der Waals surface area contributed by atoms with Crippen molar-refractivity contribution in [2.24, 2.45) is 11.8 Å². The third-order valence-corrected chi connectivity index (χ3v) is 7.29. The normalized spacial score (nSPS) is 22.4. The van der Waals surface area contributed by atoms with Gasteiger partial charge in [0.2, 0.25) is 10.0 Å². The van der Waals surface area contributed by atoms with Crippen LogP contribution >= 0.6 is 0 Å². The lowest BCUT2D eigenvalue weighted by atomic mass is 10.0. The van der Waals surface area contributed by atoms with Crippen molar-refractivity contribution in [3.63, 3.8) is 0 Å². The average Bonchev–Trinajstić information content (AvgIpc) is 2.68. The number of sulfonamides is 1. The number of aliphatic hydroxyl groups is 1. The maximum absolute atomic E-state index is 13.4. The predicted molar refractivity (Wildman–Crippen MR) is 120 cm³/mol. The van der Waals surface area contributed by atoms with Crippen molar-refractivity contribution in [3.05, 3.63) is 23.8 Å². The lowest BCUT2D eigenvalue weighted by molar-refractivity contribution is 0.0752. The highest BCUT2D eigenvalue weighted by Gasteiger charge is 2.38. The molecule has 0 fully saturated rings. The van der Waals surface area contributed by atoms with Gasteiger partial charge in [-0.2, -0.15) is 4.31 Å². The fraction of sp³-hybridized carbons (Fsp3) is 0.652. The molecule has 7 heteroatoms. The minimum Gasteiger partial charge on any atom is -0.487 e. The van der Waals surface area contributed by atoms with Gasteiger partial charge in [0.1, 0.15) is 16.7 Å². The van der Waals surface area contributed by atoms with E-state index < -0.39 is 16.1 Å². The van der Waals surface area contributed by atoms with E-state index in [4.69, 9.17) is 4.74 Å². The van der Waals surface area contributed by atoms with Crippen LogP contribution < -0.4 is 4.74 Å². The quantitative estimate of drug-likeness (QED) is 0.695. The highest BCUT2D eigenvalue weighted by molar-refractivity contribution is 7.89. The molecule has 0 unspecified atom stereocenters. The number of nitrogens with zero attached hydrogens (tertiary/aromatic N) is 2. The number of likely N-dealkylation sites (N-methyl/N-ethyl adjacent to an activating group) is 1. The number of benzene rings is 1. The highest BCUT2D eigenvalue weighted by atomic mass is 32.2. The molecule has 2 rings (SSSR count). The molecule has 1 N–H and O–H groups in total. The topological polar surface area (TPSA) is 70.1 Å². The monoisotopic (exact) mass is 436 g/mol. The van der Waals surface area contributed by atoms with E-state index in [2.05, 4.69) is 30.7 Å². The average molecular weight is 437 g/mol. The lowest BCUT2D eigenvalue weighted by Gasteiger charge is -2.37. The molecule has 0 aliphatic carbocycles. The summed E-state index contributed by atoms with van der Waals surface area (Å²) in [7, 11) is -1.76. The van der Waals surface area contributed by atoms with Crippen LogP contribution in [0.5, 0.6) is 5.75 Å². The number of fused-ring (bicyclic) bond motifs is 1. The molecule has 168 valence electrons. The molecule has 1 aliphatic heterocycles. The molecule has 1 heterocycles. The van der Waals surface area contributed by atoms with Crippen molar-refractivity contribution in [2.75, 3.05) is 33.3 Å². The Kier molecular flexibility index (Phi) is 8.74. The third kappa shape index (κ3) is 5.98. The summed E-state index contributed by atoms with van der Waals surface area (Å²) in [6.07, 6.45) is 0.850. The van der Waals surface area contributed by atoms with Crippen molar-refractivity contribution in [2.45, 2.75) is 58.1 Å². The maximum Gasteiger partial charge on any atom is 0.247 e. The molecular weight excluding hydrogens is 400 g/mol. The molecular formula is C23H36N2O4S. The van der Waals surface area contributed by atoms with Gasteiger partial charge in [-0.05, 0) is 45.1 Å². The minimum absolute atomic E-state index is 0.0494. The molecule has 1 aliphatic rings. The molecule has 3 atom stereocenters. The molecule has 30 heavy (non-hydrogen) atoms. The summed E-state index contributed by atoms with van der Waals surface area (Å²) < 4.78 is 34.6. The van der Waals surface area contributed by atoms with Crippen LogP contribution in [0.15, 0.2) is 23.1 Å². The maximum atomic E-state index is 13.4. The summed E-state index contributed by atoms with van der Waals surface area (Å²) in [5.41, 5.74) is 0.730. The van der Waals surface area contributed by atoms with Gasteiger partial charge in [-0.3, -0.25) is 0 Å². The summed E-state index contributed by atoms with van der Waals surface area (Å²) in [5, 5.41) is 9.70. The van der Waals surface area contributed by atoms with Crippen LogP contribution in [0.3, 0.4) is 0 Å². The van der Waals surface area contributed by atoms with Crippen molar-refractivity contribution >= 4 is 10.0 Å². The molecule has 1 aromatic carbocycles. The van der Waals surface area contributed by atoms with Crippen LogP contribution in [0, 0.1) is 23.7 Å².